The fourth-order valence-corrected chi connectivity index (χ4v) is 1.78. The van der Waals surface area contributed by atoms with E-state index < -0.39 is 0 Å². The van der Waals surface area contributed by atoms with Crippen molar-refractivity contribution in [3.05, 3.63) is 11.5 Å². The topological polar surface area (TPSA) is 3.24 Å². The van der Waals surface area contributed by atoms with Gasteiger partial charge in [-0.3, -0.25) is 0 Å². The molecule has 0 aliphatic carbocycles. The highest BCUT2D eigenvalue weighted by Gasteiger charge is 2.02. The second kappa shape index (κ2) is 7.20. The van der Waals surface area contributed by atoms with E-state index in [1.54, 1.807) is 6.08 Å². The van der Waals surface area contributed by atoms with E-state index in [-0.39, 0.29) is 0 Å². The smallest absolute Gasteiger partial charge is 0.140 e. The highest BCUT2D eigenvalue weighted by atomic mass is 32.2. The summed E-state index contributed by atoms with van der Waals surface area (Å²) in [6.07, 6.45) is 6.70. The highest BCUT2D eigenvalue weighted by molar-refractivity contribution is 8.24. The van der Waals surface area contributed by atoms with Crippen molar-refractivity contribution in [1.82, 2.24) is 4.90 Å². The maximum atomic E-state index is 5.16. The monoisotopic (exact) mass is 199 g/mol. The van der Waals surface area contributed by atoms with Crippen molar-refractivity contribution in [1.29, 1.82) is 0 Å². The molecule has 0 saturated heterocycles. The molecule has 0 heterocycles. The summed E-state index contributed by atoms with van der Waals surface area (Å²) in [6.45, 7) is 6.07. The molecule has 66 valence electrons. The number of allylic oxidation sites excluding steroid dienone is 1. The lowest BCUT2D eigenvalue weighted by Gasteiger charge is -2.19. The average molecular weight is 199 g/mol. The van der Waals surface area contributed by atoms with Gasteiger partial charge < -0.3 is 4.90 Å². The van der Waals surface area contributed by atoms with Gasteiger partial charge in [-0.1, -0.05) is 29.9 Å². The van der Waals surface area contributed by atoms with Crippen LogP contribution < -0.4 is 0 Å². The van der Waals surface area contributed by atoms with Gasteiger partial charge in [0, 0.05) is 13.1 Å². The van der Waals surface area contributed by atoms with Crippen LogP contribution in [0.5, 0.6) is 0 Å². The Labute approximate surface area is 84.2 Å². The Kier molecular flexibility index (Phi) is 6.93. The molecule has 0 rings (SSSR count). The third-order valence-electron chi connectivity index (χ3n) is 1.35. The fraction of sp³-hybridized carbons (Fsp3) is 0.444. The maximum Gasteiger partial charge on any atom is 0.140 e. The van der Waals surface area contributed by atoms with Crippen LogP contribution in [-0.2, 0) is 0 Å². The van der Waals surface area contributed by atoms with Crippen molar-refractivity contribution in [2.45, 2.75) is 13.8 Å². The third kappa shape index (κ3) is 4.42. The molecular formula is C9H13NS2. The lowest BCUT2D eigenvalue weighted by molar-refractivity contribution is 0.482. The molecule has 0 unspecified atom stereocenters. The predicted molar refractivity (Wildman–Crippen MR) is 61.1 cm³/mol. The van der Waals surface area contributed by atoms with Crippen LogP contribution in [0.25, 0.3) is 0 Å². The van der Waals surface area contributed by atoms with E-state index >= 15 is 0 Å². The lowest BCUT2D eigenvalue weighted by atomic mass is 10.6. The summed E-state index contributed by atoms with van der Waals surface area (Å²) in [5.41, 5.74) is 0. The second-order valence-electron chi connectivity index (χ2n) is 2.03. The van der Waals surface area contributed by atoms with E-state index in [1.807, 2.05) is 5.41 Å². The predicted octanol–water partition coefficient (Wildman–Crippen LogP) is 2.49. The van der Waals surface area contributed by atoms with Crippen LogP contribution in [0.3, 0.4) is 0 Å². The molecule has 0 aliphatic heterocycles. The summed E-state index contributed by atoms with van der Waals surface area (Å²) in [6, 6.07) is 0. The summed E-state index contributed by atoms with van der Waals surface area (Å²) in [5, 5.41) is 1.83. The highest BCUT2D eigenvalue weighted by Crippen LogP contribution is 2.09. The normalized spacial score (nSPS) is 9.75. The quantitative estimate of drug-likeness (QED) is 0.508. The average Bonchev–Trinajstić information content (AvgIpc) is 2.07. The van der Waals surface area contributed by atoms with E-state index in [0.29, 0.717) is 0 Å². The Morgan fingerprint density at radius 3 is 2.58 bits per heavy atom. The number of rotatable bonds is 3. The number of terminal acetylenes is 1. The van der Waals surface area contributed by atoms with E-state index in [4.69, 9.17) is 18.6 Å². The molecule has 0 atom stereocenters. The molecule has 0 spiro atoms. The van der Waals surface area contributed by atoms with Gasteiger partial charge in [0.1, 0.15) is 4.32 Å². The number of hydrogen-bond donors (Lipinski definition) is 0. The van der Waals surface area contributed by atoms with E-state index in [0.717, 1.165) is 17.4 Å². The fourth-order valence-electron chi connectivity index (χ4n) is 0.688. The first kappa shape index (κ1) is 11.5. The largest absolute Gasteiger partial charge is 0.358 e. The lowest BCUT2D eigenvalue weighted by Crippen LogP contribution is -2.26. The van der Waals surface area contributed by atoms with Gasteiger partial charge in [0.2, 0.25) is 0 Å². The van der Waals surface area contributed by atoms with Crippen molar-refractivity contribution in [3.8, 4) is 12.3 Å². The van der Waals surface area contributed by atoms with Gasteiger partial charge in [-0.15, -0.1) is 6.42 Å². The zero-order valence-electron chi connectivity index (χ0n) is 7.41. The first-order valence-corrected chi connectivity index (χ1v) is 5.11. The molecule has 0 aromatic heterocycles. The van der Waals surface area contributed by atoms with Crippen LogP contribution in [0.4, 0.5) is 0 Å². The third-order valence-corrected chi connectivity index (χ3v) is 2.63. The van der Waals surface area contributed by atoms with Crippen molar-refractivity contribution in [3.63, 3.8) is 0 Å². The Hall–Kier alpha value is -0.460. The summed E-state index contributed by atoms with van der Waals surface area (Å²) in [5.74, 6) is 2.42. The summed E-state index contributed by atoms with van der Waals surface area (Å²) >= 11 is 6.65. The van der Waals surface area contributed by atoms with Crippen molar-refractivity contribution in [2.24, 2.45) is 0 Å². The second-order valence-corrected chi connectivity index (χ2v) is 3.57. The van der Waals surface area contributed by atoms with Gasteiger partial charge in [-0.25, -0.2) is 0 Å². The van der Waals surface area contributed by atoms with Gasteiger partial charge in [-0.05, 0) is 25.3 Å². The minimum absolute atomic E-state index is 0.881. The first-order chi connectivity index (χ1) is 5.76. The summed E-state index contributed by atoms with van der Waals surface area (Å²) in [4.78, 5) is 2.11. The number of nitrogens with zero attached hydrogens (tertiary/aromatic N) is 1. The minimum Gasteiger partial charge on any atom is -0.358 e. The van der Waals surface area contributed by atoms with Gasteiger partial charge >= 0.3 is 0 Å². The standard InChI is InChI=1S/C9H13NS2/c1-4-7-8-12-9(11)10(5-2)6-3/h1,7-8H,5-6H2,2-3H3/b8-7+. The summed E-state index contributed by atoms with van der Waals surface area (Å²) < 4.78 is 0.881. The molecule has 12 heavy (non-hydrogen) atoms. The van der Waals surface area contributed by atoms with E-state index in [1.165, 1.54) is 11.8 Å². The zero-order valence-corrected chi connectivity index (χ0v) is 9.04. The van der Waals surface area contributed by atoms with Crippen LogP contribution in [0.15, 0.2) is 11.5 Å². The Bertz CT molecular complexity index is 199. The molecule has 3 heteroatoms. The van der Waals surface area contributed by atoms with Gasteiger partial charge in [-0.2, -0.15) is 0 Å². The van der Waals surface area contributed by atoms with Crippen LogP contribution >= 0.6 is 24.0 Å². The molecule has 0 aromatic rings. The van der Waals surface area contributed by atoms with Crippen LogP contribution in [0.1, 0.15) is 13.8 Å². The van der Waals surface area contributed by atoms with Crippen LogP contribution in [-0.4, -0.2) is 22.3 Å². The minimum atomic E-state index is 0.881. The van der Waals surface area contributed by atoms with Gasteiger partial charge in [0.05, 0.1) is 0 Å². The SMILES string of the molecule is C#C/C=C/SC(=S)N(CC)CC. The molecule has 0 bridgehead atoms. The molecule has 0 aliphatic rings. The molecule has 0 amide bonds. The van der Waals surface area contributed by atoms with Crippen molar-refractivity contribution < 1.29 is 0 Å². The van der Waals surface area contributed by atoms with Crippen LogP contribution in [0, 0.1) is 12.3 Å². The number of thiocarbonyl (C=S) groups is 1. The Morgan fingerprint density at radius 2 is 2.17 bits per heavy atom. The zero-order chi connectivity index (χ0) is 9.40. The number of hydrogen-bond acceptors (Lipinski definition) is 2. The van der Waals surface area contributed by atoms with E-state index in [9.17, 15) is 0 Å². The Morgan fingerprint density at radius 1 is 1.58 bits per heavy atom. The maximum absolute atomic E-state index is 5.16. The molecule has 0 radical (unpaired) electrons. The molecule has 0 fully saturated rings. The van der Waals surface area contributed by atoms with Gasteiger partial charge in [0.25, 0.3) is 0 Å². The molecular weight excluding hydrogens is 186 g/mol. The molecule has 0 aromatic carbocycles. The van der Waals surface area contributed by atoms with Crippen LogP contribution in [0.2, 0.25) is 0 Å². The molecule has 1 nitrogen and oxygen atoms in total. The van der Waals surface area contributed by atoms with Gasteiger partial charge in [0.15, 0.2) is 0 Å². The summed E-state index contributed by atoms with van der Waals surface area (Å²) in [7, 11) is 0. The van der Waals surface area contributed by atoms with Crippen molar-refractivity contribution in [2.75, 3.05) is 13.1 Å². The van der Waals surface area contributed by atoms with Crippen molar-refractivity contribution >= 4 is 28.3 Å². The Balaban J connectivity index is 3.86. The number of thioether (sulfide) groups is 1. The first-order valence-electron chi connectivity index (χ1n) is 3.82. The molecule has 0 N–H and O–H groups in total. The molecule has 0 saturated carbocycles. The van der Waals surface area contributed by atoms with E-state index in [2.05, 4.69) is 24.7 Å².